The molecule has 0 unspecified atom stereocenters. The van der Waals surface area contributed by atoms with E-state index in [2.05, 4.69) is 79.0 Å². The molecule has 138 valence electrons. The molecule has 1 aliphatic heterocycles. The molecule has 0 fully saturated rings. The summed E-state index contributed by atoms with van der Waals surface area (Å²) in [5.41, 5.74) is 3.52. The highest BCUT2D eigenvalue weighted by atomic mass is 127. The van der Waals surface area contributed by atoms with Crippen LogP contribution in [0.4, 0.5) is 0 Å². The number of unbranched alkanes of at least 4 members (excludes halogenated alkanes) is 2. The van der Waals surface area contributed by atoms with Crippen LogP contribution in [0.3, 0.4) is 0 Å². The van der Waals surface area contributed by atoms with Crippen LogP contribution >= 0.6 is 45.2 Å². The van der Waals surface area contributed by atoms with Crippen molar-refractivity contribution < 1.29 is 9.84 Å². The van der Waals surface area contributed by atoms with E-state index in [1.54, 1.807) is 0 Å². The predicted octanol–water partition coefficient (Wildman–Crippen LogP) is 6.95. The molecule has 0 spiro atoms. The van der Waals surface area contributed by atoms with Crippen LogP contribution < -0.4 is 4.74 Å². The van der Waals surface area contributed by atoms with Gasteiger partial charge in [-0.05, 0) is 97.2 Å². The van der Waals surface area contributed by atoms with Crippen molar-refractivity contribution in [2.75, 3.05) is 0 Å². The minimum Gasteiger partial charge on any atom is -0.506 e. The molecular weight excluding hydrogens is 538 g/mol. The molecule has 1 aromatic carbocycles. The third kappa shape index (κ3) is 3.58. The zero-order chi connectivity index (χ0) is 18.4. The fourth-order valence-electron chi connectivity index (χ4n) is 4.37. The monoisotopic (exact) mass is 566 g/mol. The highest BCUT2D eigenvalue weighted by Crippen LogP contribution is 2.56. The Morgan fingerprint density at radius 1 is 1.24 bits per heavy atom. The Labute approximate surface area is 179 Å². The standard InChI is InChI=1S/C21H28I2O2/c1-5-6-7-8-13-17(22)19(24)16-14-11-12(2)9-10-15(14)21(3,4)25-20(16)18(13)23/h11,14-15,24H,5-10H2,1-4H3/t14-,15-/m1/s1. The molecule has 1 aliphatic carbocycles. The number of phenolic OH excluding ortho intramolecular Hbond substituents is 1. The number of halogens is 2. The molecule has 0 saturated heterocycles. The molecule has 0 radical (unpaired) electrons. The molecule has 4 heteroatoms. The van der Waals surface area contributed by atoms with Crippen molar-refractivity contribution in [2.45, 2.75) is 77.7 Å². The van der Waals surface area contributed by atoms with E-state index in [-0.39, 0.29) is 11.5 Å². The first-order chi connectivity index (χ1) is 11.8. The van der Waals surface area contributed by atoms with Crippen molar-refractivity contribution in [1.29, 1.82) is 0 Å². The molecule has 25 heavy (non-hydrogen) atoms. The van der Waals surface area contributed by atoms with Gasteiger partial charge in [0, 0.05) is 17.4 Å². The third-order valence-electron chi connectivity index (χ3n) is 5.81. The number of allylic oxidation sites excluding steroid dienone is 2. The molecule has 2 aliphatic rings. The lowest BCUT2D eigenvalue weighted by molar-refractivity contribution is 0.00971. The van der Waals surface area contributed by atoms with Gasteiger partial charge in [0.05, 0.1) is 7.14 Å². The second-order valence-electron chi connectivity index (χ2n) is 8.04. The van der Waals surface area contributed by atoms with E-state index in [1.165, 1.54) is 27.5 Å². The SMILES string of the molecule is CCCCCc1c(I)c(O)c2c(c1I)OC(C)(C)[C@@H]1CCC(C)=C[C@@H]21. The number of hydrogen-bond acceptors (Lipinski definition) is 2. The van der Waals surface area contributed by atoms with Gasteiger partial charge in [-0.3, -0.25) is 0 Å². The van der Waals surface area contributed by atoms with Crippen LogP contribution in [-0.2, 0) is 6.42 Å². The lowest BCUT2D eigenvalue weighted by Gasteiger charge is -2.47. The van der Waals surface area contributed by atoms with Gasteiger partial charge in [-0.2, -0.15) is 0 Å². The summed E-state index contributed by atoms with van der Waals surface area (Å²) in [5, 5.41) is 11.1. The second-order valence-corrected chi connectivity index (χ2v) is 10.2. The topological polar surface area (TPSA) is 29.5 Å². The van der Waals surface area contributed by atoms with E-state index in [4.69, 9.17) is 4.74 Å². The van der Waals surface area contributed by atoms with Crippen molar-refractivity contribution in [2.24, 2.45) is 5.92 Å². The van der Waals surface area contributed by atoms with E-state index >= 15 is 0 Å². The Balaban J connectivity index is 2.14. The van der Waals surface area contributed by atoms with E-state index in [9.17, 15) is 5.11 Å². The quantitative estimate of drug-likeness (QED) is 0.243. The highest BCUT2D eigenvalue weighted by Gasteiger charge is 2.46. The van der Waals surface area contributed by atoms with Gasteiger partial charge < -0.3 is 9.84 Å². The van der Waals surface area contributed by atoms with Crippen molar-refractivity contribution in [3.8, 4) is 11.5 Å². The molecule has 1 heterocycles. The van der Waals surface area contributed by atoms with E-state index in [0.29, 0.717) is 11.7 Å². The van der Waals surface area contributed by atoms with Gasteiger partial charge in [0.1, 0.15) is 17.1 Å². The summed E-state index contributed by atoms with van der Waals surface area (Å²) in [5.74, 6) is 2.08. The van der Waals surface area contributed by atoms with E-state index in [1.807, 2.05) is 0 Å². The maximum atomic E-state index is 11.1. The highest BCUT2D eigenvalue weighted by molar-refractivity contribution is 14.1. The maximum Gasteiger partial charge on any atom is 0.141 e. The summed E-state index contributed by atoms with van der Waals surface area (Å²) in [6.45, 7) is 8.86. The molecule has 2 atom stereocenters. The minimum atomic E-state index is -0.200. The number of fused-ring (bicyclic) bond motifs is 3. The molecule has 0 bridgehead atoms. The molecule has 0 saturated carbocycles. The number of aromatic hydroxyl groups is 1. The smallest absolute Gasteiger partial charge is 0.141 e. The van der Waals surface area contributed by atoms with Crippen LogP contribution in [0.5, 0.6) is 11.5 Å². The van der Waals surface area contributed by atoms with Gasteiger partial charge in [0.15, 0.2) is 0 Å². The maximum absolute atomic E-state index is 11.1. The largest absolute Gasteiger partial charge is 0.506 e. The fraction of sp³-hybridized carbons (Fsp3) is 0.619. The molecule has 2 nitrogen and oxygen atoms in total. The van der Waals surface area contributed by atoms with Crippen molar-refractivity contribution in [3.05, 3.63) is 29.9 Å². The van der Waals surface area contributed by atoms with Crippen molar-refractivity contribution in [3.63, 3.8) is 0 Å². The van der Waals surface area contributed by atoms with Gasteiger partial charge in [-0.1, -0.05) is 31.4 Å². The molecule has 1 aromatic rings. The average Bonchev–Trinajstić information content (AvgIpc) is 2.55. The Hall–Kier alpha value is 0.0200. The van der Waals surface area contributed by atoms with E-state index in [0.717, 1.165) is 40.6 Å². The lowest BCUT2D eigenvalue weighted by atomic mass is 9.68. The number of ether oxygens (including phenoxy) is 1. The Morgan fingerprint density at radius 2 is 1.96 bits per heavy atom. The summed E-state index contributed by atoms with van der Waals surface area (Å²) < 4.78 is 8.76. The number of phenols is 1. The molecule has 1 N–H and O–H groups in total. The zero-order valence-corrected chi connectivity index (χ0v) is 19.9. The summed E-state index contributed by atoms with van der Waals surface area (Å²) >= 11 is 4.78. The Bertz CT molecular complexity index is 707. The minimum absolute atomic E-state index is 0.200. The van der Waals surface area contributed by atoms with Gasteiger partial charge in [0.2, 0.25) is 0 Å². The second kappa shape index (κ2) is 7.56. The van der Waals surface area contributed by atoms with Gasteiger partial charge in [0.25, 0.3) is 0 Å². The number of hydrogen-bond donors (Lipinski definition) is 1. The van der Waals surface area contributed by atoms with E-state index < -0.39 is 0 Å². The van der Waals surface area contributed by atoms with Crippen LogP contribution in [-0.4, -0.2) is 10.7 Å². The average molecular weight is 566 g/mol. The first kappa shape index (κ1) is 19.8. The Morgan fingerprint density at radius 3 is 2.64 bits per heavy atom. The predicted molar refractivity (Wildman–Crippen MR) is 121 cm³/mol. The van der Waals surface area contributed by atoms with Crippen LogP contribution in [0.1, 0.15) is 76.8 Å². The number of rotatable bonds is 4. The van der Waals surface area contributed by atoms with Crippen LogP contribution in [0.25, 0.3) is 0 Å². The van der Waals surface area contributed by atoms with Gasteiger partial charge >= 0.3 is 0 Å². The fourth-order valence-corrected chi connectivity index (χ4v) is 6.66. The molecule has 3 rings (SSSR count). The lowest BCUT2D eigenvalue weighted by Crippen LogP contribution is -2.45. The summed E-state index contributed by atoms with van der Waals surface area (Å²) in [6, 6.07) is 0. The Kier molecular flexibility index (Phi) is 5.98. The number of benzene rings is 1. The third-order valence-corrected chi connectivity index (χ3v) is 8.11. The summed E-state index contributed by atoms with van der Waals surface area (Å²) in [4.78, 5) is 0. The molecule has 0 aromatic heterocycles. The van der Waals surface area contributed by atoms with Crippen molar-refractivity contribution in [1.82, 2.24) is 0 Å². The van der Waals surface area contributed by atoms with Crippen LogP contribution in [0.15, 0.2) is 11.6 Å². The summed E-state index contributed by atoms with van der Waals surface area (Å²) in [7, 11) is 0. The first-order valence-corrected chi connectivity index (χ1v) is 11.5. The van der Waals surface area contributed by atoms with Gasteiger partial charge in [-0.15, -0.1) is 0 Å². The first-order valence-electron chi connectivity index (χ1n) is 9.36. The molecule has 0 amide bonds. The van der Waals surface area contributed by atoms with Crippen LogP contribution in [0, 0.1) is 13.1 Å². The normalized spacial score (nSPS) is 24.2. The molecular formula is C21H28I2O2. The van der Waals surface area contributed by atoms with Gasteiger partial charge in [-0.25, -0.2) is 0 Å². The zero-order valence-electron chi connectivity index (χ0n) is 15.6. The summed E-state index contributed by atoms with van der Waals surface area (Å²) in [6.07, 6.45) is 9.25. The van der Waals surface area contributed by atoms with Crippen LogP contribution in [0.2, 0.25) is 0 Å². The van der Waals surface area contributed by atoms with Crippen molar-refractivity contribution >= 4 is 45.2 Å².